The van der Waals surface area contributed by atoms with Crippen molar-refractivity contribution in [3.05, 3.63) is 0 Å². The van der Waals surface area contributed by atoms with E-state index in [0.29, 0.717) is 65.7 Å². The molecule has 0 unspecified atom stereocenters. The van der Waals surface area contributed by atoms with Gasteiger partial charge >= 0.3 is 5.97 Å². The van der Waals surface area contributed by atoms with E-state index in [0.717, 1.165) is 25.9 Å². The fraction of sp³-hybridized carbons (Fsp3) is 0.962. The van der Waals surface area contributed by atoms with Gasteiger partial charge in [-0.1, -0.05) is 78.1 Å². The minimum Gasteiger partial charge on any atom is -0.466 e. The van der Waals surface area contributed by atoms with Crippen LogP contribution in [0.15, 0.2) is 0 Å². The van der Waals surface area contributed by atoms with Crippen LogP contribution in [0.4, 0.5) is 0 Å². The van der Waals surface area contributed by atoms with Crippen LogP contribution in [-0.2, 0) is 28.5 Å². The van der Waals surface area contributed by atoms with Crippen molar-refractivity contribution in [1.29, 1.82) is 0 Å². The van der Waals surface area contributed by atoms with Gasteiger partial charge in [0, 0.05) is 19.6 Å². The summed E-state index contributed by atoms with van der Waals surface area (Å²) in [7, 11) is 0. The lowest BCUT2D eigenvalue weighted by atomic mass is 10.1. The van der Waals surface area contributed by atoms with Gasteiger partial charge in [-0.25, -0.2) is 0 Å². The zero-order chi connectivity index (χ0) is 23.4. The molecule has 0 bridgehead atoms. The van der Waals surface area contributed by atoms with E-state index in [4.69, 9.17) is 23.7 Å². The Morgan fingerprint density at radius 1 is 0.438 bits per heavy atom. The summed E-state index contributed by atoms with van der Waals surface area (Å²) in [6, 6.07) is 0. The van der Waals surface area contributed by atoms with Gasteiger partial charge in [0.2, 0.25) is 0 Å². The molecule has 0 radical (unpaired) electrons. The molecule has 0 atom stereocenters. The van der Waals surface area contributed by atoms with E-state index < -0.39 is 0 Å². The molecule has 0 amide bonds. The van der Waals surface area contributed by atoms with Crippen LogP contribution in [0.1, 0.15) is 104 Å². The molecule has 0 fully saturated rings. The van der Waals surface area contributed by atoms with Crippen LogP contribution >= 0.6 is 0 Å². The smallest absolute Gasteiger partial charge is 0.305 e. The molecule has 0 rings (SSSR count). The Morgan fingerprint density at radius 2 is 0.812 bits per heavy atom. The van der Waals surface area contributed by atoms with E-state index in [9.17, 15) is 4.79 Å². The third-order valence-electron chi connectivity index (χ3n) is 5.19. The predicted octanol–water partition coefficient (Wildman–Crippen LogP) is 6.10. The number of unbranched alkanes of at least 4 members (excludes halogenated alkanes) is 10. The van der Waals surface area contributed by atoms with Crippen molar-refractivity contribution in [2.75, 3.05) is 59.5 Å². The molecular weight excluding hydrogens is 408 g/mol. The van der Waals surface area contributed by atoms with Crippen LogP contribution < -0.4 is 0 Å². The highest BCUT2D eigenvalue weighted by Gasteiger charge is 2.02. The van der Waals surface area contributed by atoms with Gasteiger partial charge in [-0.05, 0) is 19.3 Å². The largest absolute Gasteiger partial charge is 0.466 e. The lowest BCUT2D eigenvalue weighted by Crippen LogP contribution is -2.12. The first-order valence-electron chi connectivity index (χ1n) is 13.3. The monoisotopic (exact) mass is 460 g/mol. The van der Waals surface area contributed by atoms with E-state index in [-0.39, 0.29) is 5.97 Å². The number of ether oxygens (including phenoxy) is 5. The average molecular weight is 461 g/mol. The van der Waals surface area contributed by atoms with Gasteiger partial charge in [0.1, 0.15) is 0 Å². The molecule has 0 spiro atoms. The molecule has 0 saturated heterocycles. The summed E-state index contributed by atoms with van der Waals surface area (Å²) in [4.78, 5) is 11.6. The minimum absolute atomic E-state index is 0.121. The van der Waals surface area contributed by atoms with Crippen LogP contribution in [0.25, 0.3) is 0 Å². The maximum Gasteiger partial charge on any atom is 0.305 e. The van der Waals surface area contributed by atoms with Crippen molar-refractivity contribution >= 4 is 5.97 Å². The van der Waals surface area contributed by atoms with Gasteiger partial charge < -0.3 is 23.7 Å². The van der Waals surface area contributed by atoms with Crippen molar-refractivity contribution < 1.29 is 28.5 Å². The van der Waals surface area contributed by atoms with E-state index in [1.807, 2.05) is 0 Å². The van der Waals surface area contributed by atoms with Crippen LogP contribution in [-0.4, -0.2) is 65.4 Å². The third-order valence-corrected chi connectivity index (χ3v) is 5.19. The molecule has 0 aromatic carbocycles. The number of esters is 1. The Labute approximate surface area is 198 Å². The number of hydrogen-bond acceptors (Lipinski definition) is 6. The lowest BCUT2D eigenvalue weighted by molar-refractivity contribution is -0.144. The summed E-state index contributed by atoms with van der Waals surface area (Å²) in [5.74, 6) is -0.121. The summed E-state index contributed by atoms with van der Waals surface area (Å²) in [6.45, 7) is 9.86. The molecule has 0 aliphatic carbocycles. The maximum atomic E-state index is 11.6. The van der Waals surface area contributed by atoms with Gasteiger partial charge in [-0.3, -0.25) is 4.79 Å². The first-order chi connectivity index (χ1) is 15.8. The van der Waals surface area contributed by atoms with Crippen molar-refractivity contribution in [3.63, 3.8) is 0 Å². The molecule has 0 aromatic rings. The molecule has 6 heteroatoms. The predicted molar refractivity (Wildman–Crippen MR) is 130 cm³/mol. The second-order valence-corrected chi connectivity index (χ2v) is 8.31. The van der Waals surface area contributed by atoms with Gasteiger partial charge in [0.25, 0.3) is 0 Å². The van der Waals surface area contributed by atoms with Gasteiger partial charge in [-0.15, -0.1) is 0 Å². The van der Waals surface area contributed by atoms with Crippen LogP contribution in [0.2, 0.25) is 0 Å². The zero-order valence-electron chi connectivity index (χ0n) is 21.2. The fourth-order valence-corrected chi connectivity index (χ4v) is 3.21. The number of carbonyl (C=O) groups is 1. The molecule has 0 saturated carbocycles. The number of hydrogen-bond donors (Lipinski definition) is 0. The van der Waals surface area contributed by atoms with Gasteiger partial charge in [-0.2, -0.15) is 0 Å². The van der Waals surface area contributed by atoms with E-state index in [1.165, 1.54) is 57.8 Å². The highest BCUT2D eigenvalue weighted by Crippen LogP contribution is 2.07. The van der Waals surface area contributed by atoms with Crippen LogP contribution in [0, 0.1) is 0 Å². The Morgan fingerprint density at radius 3 is 1.31 bits per heavy atom. The highest BCUT2D eigenvalue weighted by molar-refractivity contribution is 5.69. The summed E-state index contributed by atoms with van der Waals surface area (Å²) < 4.78 is 27.3. The molecule has 0 aliphatic rings. The standard InChI is InChI=1S/C26H52O6/c1-3-5-7-9-10-12-13-17-28-20-22-30-24-25-31-23-21-29-18-15-16-26(27)32-19-14-11-8-6-4-2/h3-25H2,1-2H3. The molecule has 0 heterocycles. The Bertz CT molecular complexity index is 364. The molecule has 6 nitrogen and oxygen atoms in total. The maximum absolute atomic E-state index is 11.6. The minimum atomic E-state index is -0.121. The molecule has 32 heavy (non-hydrogen) atoms. The summed E-state index contributed by atoms with van der Waals surface area (Å²) >= 11 is 0. The van der Waals surface area contributed by atoms with Crippen molar-refractivity contribution in [2.45, 2.75) is 104 Å². The molecule has 0 aromatic heterocycles. The Hall–Kier alpha value is -0.690. The quantitative estimate of drug-likeness (QED) is 0.109. The van der Waals surface area contributed by atoms with E-state index in [1.54, 1.807) is 0 Å². The summed E-state index contributed by atoms with van der Waals surface area (Å²) in [5, 5.41) is 0. The van der Waals surface area contributed by atoms with Gasteiger partial charge in [0.15, 0.2) is 0 Å². The summed E-state index contributed by atoms with van der Waals surface area (Å²) in [6.07, 6.45) is 16.1. The molecule has 0 N–H and O–H groups in total. The second-order valence-electron chi connectivity index (χ2n) is 8.31. The van der Waals surface area contributed by atoms with Crippen LogP contribution in [0.3, 0.4) is 0 Å². The number of carbonyl (C=O) groups excluding carboxylic acids is 1. The second kappa shape index (κ2) is 28.3. The van der Waals surface area contributed by atoms with Crippen molar-refractivity contribution in [1.82, 2.24) is 0 Å². The summed E-state index contributed by atoms with van der Waals surface area (Å²) in [5.41, 5.74) is 0. The number of rotatable bonds is 27. The fourth-order valence-electron chi connectivity index (χ4n) is 3.21. The first-order valence-corrected chi connectivity index (χ1v) is 13.3. The van der Waals surface area contributed by atoms with Gasteiger partial charge in [0.05, 0.1) is 46.2 Å². The lowest BCUT2D eigenvalue weighted by Gasteiger charge is -2.08. The molecule has 192 valence electrons. The average Bonchev–Trinajstić information content (AvgIpc) is 2.80. The van der Waals surface area contributed by atoms with Crippen molar-refractivity contribution in [2.24, 2.45) is 0 Å². The molecular formula is C26H52O6. The Balaban J connectivity index is 3.09. The van der Waals surface area contributed by atoms with Crippen LogP contribution in [0.5, 0.6) is 0 Å². The van der Waals surface area contributed by atoms with E-state index >= 15 is 0 Å². The normalized spacial score (nSPS) is 11.2. The zero-order valence-corrected chi connectivity index (χ0v) is 21.2. The Kier molecular flexibility index (Phi) is 27.7. The van der Waals surface area contributed by atoms with Crippen molar-refractivity contribution in [3.8, 4) is 0 Å². The topological polar surface area (TPSA) is 63.2 Å². The highest BCUT2D eigenvalue weighted by atomic mass is 16.6. The third kappa shape index (κ3) is 27.3. The SMILES string of the molecule is CCCCCCCCCOCCOCCOCCOCCCC(=O)OCCCCCCC. The first kappa shape index (κ1) is 31.3. The van der Waals surface area contributed by atoms with E-state index in [2.05, 4.69) is 13.8 Å². The molecule has 0 aliphatic heterocycles.